The lowest BCUT2D eigenvalue weighted by atomic mass is 9.94. The molecule has 40 heavy (non-hydrogen) atoms. The van der Waals surface area contributed by atoms with E-state index in [-0.39, 0.29) is 6.10 Å². The molecule has 0 saturated carbocycles. The van der Waals surface area contributed by atoms with Crippen LogP contribution in [0, 0.1) is 0 Å². The predicted octanol–water partition coefficient (Wildman–Crippen LogP) is 6.98. The summed E-state index contributed by atoms with van der Waals surface area (Å²) >= 11 is 0. The van der Waals surface area contributed by atoms with Gasteiger partial charge in [0.1, 0.15) is 18.5 Å². The molecular weight excluding hydrogens is 500 g/mol. The van der Waals surface area contributed by atoms with Gasteiger partial charge in [0.2, 0.25) is 0 Å². The van der Waals surface area contributed by atoms with Crippen molar-refractivity contribution in [2.75, 3.05) is 19.8 Å². The van der Waals surface area contributed by atoms with Crippen molar-refractivity contribution < 1.29 is 24.1 Å². The number of aliphatic carboxylic acids is 1. The van der Waals surface area contributed by atoms with Crippen LogP contribution in [0.1, 0.15) is 52.0 Å². The molecule has 2 unspecified atom stereocenters. The third-order valence-electron chi connectivity index (χ3n) is 7.03. The first kappa shape index (κ1) is 27.4. The fourth-order valence-electron chi connectivity index (χ4n) is 5.06. The Labute approximate surface area is 235 Å². The normalized spacial score (nSPS) is 14.6. The average Bonchev–Trinajstić information content (AvgIpc) is 3.13. The van der Waals surface area contributed by atoms with Crippen LogP contribution in [-0.4, -0.2) is 37.0 Å². The van der Waals surface area contributed by atoms with Crippen LogP contribution in [0.2, 0.25) is 0 Å². The zero-order valence-corrected chi connectivity index (χ0v) is 22.7. The first-order valence-electron chi connectivity index (χ1n) is 13.7. The first-order valence-corrected chi connectivity index (χ1v) is 13.7. The summed E-state index contributed by atoms with van der Waals surface area (Å²) in [6.07, 6.45) is 4.50. The molecule has 4 aromatic rings. The smallest absolute Gasteiger partial charge is 0.333 e. The van der Waals surface area contributed by atoms with Gasteiger partial charge in [0.15, 0.2) is 6.10 Å². The van der Waals surface area contributed by atoms with Crippen LogP contribution in [0.25, 0.3) is 12.2 Å². The van der Waals surface area contributed by atoms with Gasteiger partial charge in [-0.25, -0.2) is 4.79 Å². The second-order valence-corrected chi connectivity index (χ2v) is 9.82. The summed E-state index contributed by atoms with van der Waals surface area (Å²) < 4.78 is 17.7. The van der Waals surface area contributed by atoms with Crippen LogP contribution in [0.5, 0.6) is 5.75 Å². The highest BCUT2D eigenvalue weighted by atomic mass is 16.5. The number of carbonyl (C=O) groups is 1. The molecule has 0 aliphatic heterocycles. The molecule has 4 aromatic carbocycles. The van der Waals surface area contributed by atoms with Gasteiger partial charge in [-0.15, -0.1) is 0 Å². The molecule has 2 atom stereocenters. The molecule has 5 heteroatoms. The highest BCUT2D eigenvalue weighted by molar-refractivity contribution is 5.76. The number of hydrogen-bond donors (Lipinski definition) is 1. The van der Waals surface area contributed by atoms with Gasteiger partial charge in [-0.2, -0.15) is 0 Å². The van der Waals surface area contributed by atoms with Gasteiger partial charge in [0, 0.05) is 13.0 Å². The fourth-order valence-corrected chi connectivity index (χ4v) is 5.06. The Morgan fingerprint density at radius 1 is 0.775 bits per heavy atom. The van der Waals surface area contributed by atoms with E-state index < -0.39 is 12.1 Å². The Morgan fingerprint density at radius 3 is 2.25 bits per heavy atom. The highest BCUT2D eigenvalue weighted by Crippen LogP contribution is 2.36. The molecule has 0 spiro atoms. The largest absolute Gasteiger partial charge is 0.491 e. The zero-order valence-electron chi connectivity index (χ0n) is 22.7. The van der Waals surface area contributed by atoms with Crippen LogP contribution in [0.3, 0.4) is 0 Å². The number of ether oxygens (including phenoxy) is 3. The molecule has 0 bridgehead atoms. The van der Waals surface area contributed by atoms with Gasteiger partial charge < -0.3 is 19.3 Å². The van der Waals surface area contributed by atoms with Crippen molar-refractivity contribution in [1.82, 2.24) is 0 Å². The van der Waals surface area contributed by atoms with Gasteiger partial charge in [-0.3, -0.25) is 0 Å². The van der Waals surface area contributed by atoms with Crippen molar-refractivity contribution in [2.24, 2.45) is 0 Å². The fraction of sp³-hybridized carbons (Fsp3) is 0.229. The van der Waals surface area contributed by atoms with Gasteiger partial charge in [-0.1, -0.05) is 97.1 Å². The number of benzene rings is 4. The second kappa shape index (κ2) is 13.2. The van der Waals surface area contributed by atoms with Crippen LogP contribution < -0.4 is 4.74 Å². The van der Waals surface area contributed by atoms with Crippen LogP contribution >= 0.6 is 0 Å². The SMILES string of the molecule is CCOC(Cc1ccc(OCCOC2c3ccccc3C=Cc3cc(Cc4ccccc4)ccc32)cc1)C(=O)O. The van der Waals surface area contributed by atoms with E-state index in [1.165, 1.54) is 11.1 Å². The van der Waals surface area contributed by atoms with Crippen molar-refractivity contribution in [1.29, 1.82) is 0 Å². The summed E-state index contributed by atoms with van der Waals surface area (Å²) in [5.41, 5.74) is 8.04. The van der Waals surface area contributed by atoms with Crippen LogP contribution in [-0.2, 0) is 27.1 Å². The molecule has 204 valence electrons. The number of rotatable bonds is 12. The molecular formula is C35H34O5. The van der Waals surface area contributed by atoms with Crippen LogP contribution in [0.15, 0.2) is 97.1 Å². The van der Waals surface area contributed by atoms with E-state index in [1.54, 1.807) is 6.92 Å². The molecule has 0 heterocycles. The van der Waals surface area contributed by atoms with E-state index in [1.807, 2.05) is 30.3 Å². The minimum Gasteiger partial charge on any atom is -0.491 e. The van der Waals surface area contributed by atoms with E-state index in [0.29, 0.717) is 32.0 Å². The average molecular weight is 535 g/mol. The lowest BCUT2D eigenvalue weighted by Crippen LogP contribution is -2.26. The van der Waals surface area contributed by atoms with Gasteiger partial charge in [0.25, 0.3) is 0 Å². The maximum absolute atomic E-state index is 11.4. The van der Waals surface area contributed by atoms with E-state index in [9.17, 15) is 9.90 Å². The van der Waals surface area contributed by atoms with Gasteiger partial charge in [0.05, 0.1) is 6.61 Å². The quantitative estimate of drug-likeness (QED) is 0.199. The summed E-state index contributed by atoms with van der Waals surface area (Å²) in [6, 6.07) is 33.0. The summed E-state index contributed by atoms with van der Waals surface area (Å²) in [5.74, 6) is -0.242. The molecule has 1 aliphatic carbocycles. The Hall–Kier alpha value is -4.19. The zero-order chi connectivity index (χ0) is 27.7. The Balaban J connectivity index is 1.24. The van der Waals surface area contributed by atoms with E-state index in [0.717, 1.165) is 34.2 Å². The number of carboxylic acids is 1. The summed E-state index contributed by atoms with van der Waals surface area (Å²) in [5, 5.41) is 9.32. The van der Waals surface area contributed by atoms with Crippen LogP contribution in [0.4, 0.5) is 0 Å². The number of carboxylic acid groups (broad SMARTS) is 1. The lowest BCUT2D eigenvalue weighted by Gasteiger charge is -2.22. The molecule has 0 fully saturated rings. The van der Waals surface area contributed by atoms with Crippen molar-refractivity contribution in [3.05, 3.63) is 136 Å². The van der Waals surface area contributed by atoms with Crippen molar-refractivity contribution >= 4 is 18.1 Å². The highest BCUT2D eigenvalue weighted by Gasteiger charge is 2.22. The number of fused-ring (bicyclic) bond motifs is 2. The minimum absolute atomic E-state index is 0.204. The van der Waals surface area contributed by atoms with Gasteiger partial charge in [-0.05, 0) is 64.4 Å². The Morgan fingerprint density at radius 2 is 1.48 bits per heavy atom. The molecule has 0 aromatic heterocycles. The molecule has 0 saturated heterocycles. The Kier molecular flexibility index (Phi) is 9.07. The van der Waals surface area contributed by atoms with E-state index >= 15 is 0 Å². The molecule has 5 rings (SSSR count). The standard InChI is InChI=1S/C35H34O5/c1-2-38-33(35(36)37)24-26-12-17-30(18-13-26)39-20-21-40-34-31-11-7-6-10-28(31)15-16-29-23-27(14-19-32(29)34)22-25-8-4-3-5-9-25/h3-19,23,33-34H,2,20-22,24H2,1H3,(H,36,37). The molecule has 1 aliphatic rings. The van der Waals surface area contributed by atoms with E-state index in [2.05, 4.69) is 78.9 Å². The topological polar surface area (TPSA) is 65.0 Å². The third-order valence-corrected chi connectivity index (χ3v) is 7.03. The summed E-state index contributed by atoms with van der Waals surface area (Å²) in [4.78, 5) is 11.4. The van der Waals surface area contributed by atoms with Crippen molar-refractivity contribution in [3.63, 3.8) is 0 Å². The molecule has 0 radical (unpaired) electrons. The third kappa shape index (κ3) is 6.87. The minimum atomic E-state index is -0.955. The molecule has 1 N–H and O–H groups in total. The summed E-state index contributed by atoms with van der Waals surface area (Å²) in [7, 11) is 0. The number of hydrogen-bond acceptors (Lipinski definition) is 4. The Bertz CT molecular complexity index is 1440. The van der Waals surface area contributed by atoms with Crippen molar-refractivity contribution in [3.8, 4) is 5.75 Å². The maximum atomic E-state index is 11.4. The second-order valence-electron chi connectivity index (χ2n) is 9.82. The first-order chi connectivity index (χ1) is 19.6. The molecule has 0 amide bonds. The monoisotopic (exact) mass is 534 g/mol. The maximum Gasteiger partial charge on any atom is 0.333 e. The van der Waals surface area contributed by atoms with E-state index in [4.69, 9.17) is 14.2 Å². The lowest BCUT2D eigenvalue weighted by molar-refractivity contribution is -0.149. The van der Waals surface area contributed by atoms with Gasteiger partial charge >= 0.3 is 5.97 Å². The van der Waals surface area contributed by atoms with Crippen molar-refractivity contribution in [2.45, 2.75) is 32.0 Å². The predicted molar refractivity (Wildman–Crippen MR) is 158 cm³/mol. The summed E-state index contributed by atoms with van der Waals surface area (Å²) in [6.45, 7) is 2.96. The molecule has 5 nitrogen and oxygen atoms in total.